The van der Waals surface area contributed by atoms with Crippen LogP contribution in [0.4, 0.5) is 4.79 Å². The van der Waals surface area contributed by atoms with Gasteiger partial charge in [0.05, 0.1) is 5.71 Å². The molecular formula is C23H23N3O2Ti+4. The van der Waals surface area contributed by atoms with Crippen LogP contribution in [0.3, 0.4) is 0 Å². The predicted octanol–water partition coefficient (Wildman–Crippen LogP) is 3.98. The number of phenolic OH excluding ortho intramolecular Hbond substituents is 1. The molecule has 2 aliphatic rings. The van der Waals surface area contributed by atoms with Gasteiger partial charge >= 0.3 is 27.7 Å². The van der Waals surface area contributed by atoms with E-state index in [4.69, 9.17) is 5.73 Å². The van der Waals surface area contributed by atoms with Gasteiger partial charge in [0.1, 0.15) is 5.75 Å². The maximum absolute atomic E-state index is 10.6. The number of phenols is 1. The first-order valence-corrected chi connectivity index (χ1v) is 8.73. The largest absolute Gasteiger partial charge is 4.00 e. The molecular weight excluding hydrogens is 398 g/mol. The second kappa shape index (κ2) is 14.2. The molecule has 2 aliphatic carbocycles. The molecule has 2 amide bonds. The molecule has 0 atom stereocenters. The molecule has 0 aliphatic heterocycles. The Labute approximate surface area is 189 Å². The number of hydrogen-bond acceptors (Lipinski definition) is 3. The van der Waals surface area contributed by atoms with Crippen molar-refractivity contribution >= 4 is 22.5 Å². The minimum atomic E-state index is -0.742. The molecule has 4 rings (SSSR count). The molecule has 0 saturated heterocycles. The van der Waals surface area contributed by atoms with Crippen molar-refractivity contribution < 1.29 is 31.6 Å². The molecule has 6 heteroatoms. The number of amides is 2. The molecule has 2 aromatic rings. The predicted molar refractivity (Wildman–Crippen MR) is 114 cm³/mol. The Morgan fingerprint density at radius 2 is 1.34 bits per heavy atom. The molecule has 2 saturated carbocycles. The summed E-state index contributed by atoms with van der Waals surface area (Å²) >= 11 is 0. The molecule has 2 fully saturated rings. The van der Waals surface area contributed by atoms with Crippen LogP contribution < -0.4 is 11.2 Å². The molecule has 0 aromatic heterocycles. The van der Waals surface area contributed by atoms with Crippen molar-refractivity contribution in [1.82, 2.24) is 5.43 Å². The van der Waals surface area contributed by atoms with E-state index in [0.717, 1.165) is 10.8 Å². The maximum atomic E-state index is 10.6. The average Bonchev–Trinajstić information content (AvgIpc) is 3.45. The third-order valence-corrected chi connectivity index (χ3v) is 3.71. The molecule has 2 aromatic carbocycles. The van der Waals surface area contributed by atoms with Crippen LogP contribution in [0.1, 0.15) is 12.5 Å². The van der Waals surface area contributed by atoms with E-state index in [1.165, 1.54) is 0 Å². The van der Waals surface area contributed by atoms with Crippen LogP contribution in [0, 0.1) is 64.2 Å². The van der Waals surface area contributed by atoms with E-state index in [-0.39, 0.29) is 27.5 Å². The third kappa shape index (κ3) is 9.01. The zero-order valence-corrected chi connectivity index (χ0v) is 17.7. The Balaban J connectivity index is 0.000000311. The van der Waals surface area contributed by atoms with Crippen molar-refractivity contribution in [1.29, 1.82) is 0 Å². The molecule has 0 unspecified atom stereocenters. The van der Waals surface area contributed by atoms with Crippen LogP contribution >= 0.6 is 0 Å². The number of nitrogens with two attached hydrogens (primary N) is 1. The van der Waals surface area contributed by atoms with Gasteiger partial charge in [-0.3, -0.25) is 0 Å². The maximum Gasteiger partial charge on any atom is 4.00 e. The molecule has 0 heterocycles. The summed E-state index contributed by atoms with van der Waals surface area (Å²) in [6.45, 7) is 1.69. The number of nitrogens with one attached hydrogen (secondary N) is 1. The van der Waals surface area contributed by atoms with Crippen LogP contribution in [0.25, 0.3) is 10.8 Å². The van der Waals surface area contributed by atoms with E-state index in [1.54, 1.807) is 13.0 Å². The number of rotatable bonds is 2. The molecule has 5 nitrogen and oxygen atoms in total. The second-order valence-corrected chi connectivity index (χ2v) is 5.78. The zero-order chi connectivity index (χ0) is 20.2. The van der Waals surface area contributed by atoms with Crippen LogP contribution in [-0.4, -0.2) is 16.8 Å². The van der Waals surface area contributed by atoms with E-state index < -0.39 is 6.03 Å². The summed E-state index contributed by atoms with van der Waals surface area (Å²) in [5.74, 6) is 0.112. The van der Waals surface area contributed by atoms with Gasteiger partial charge in [-0.2, -0.15) is 5.10 Å². The number of nitrogens with zero attached hydrogens (tertiary/aromatic N) is 1. The fraction of sp³-hybridized carbons (Fsp3) is 0.0435. The van der Waals surface area contributed by atoms with Crippen molar-refractivity contribution in [2.45, 2.75) is 6.92 Å². The van der Waals surface area contributed by atoms with Gasteiger partial charge in [-0.25, -0.2) is 10.2 Å². The molecule has 142 valence electrons. The Bertz CT molecular complexity index is 760. The molecule has 4 N–H and O–H groups in total. The first kappa shape index (κ1) is 25.2. The summed E-state index contributed by atoms with van der Waals surface area (Å²) < 4.78 is 0. The second-order valence-electron chi connectivity index (χ2n) is 5.78. The van der Waals surface area contributed by atoms with Crippen LogP contribution in [0.15, 0.2) is 41.5 Å². The zero-order valence-electron chi connectivity index (χ0n) is 16.1. The van der Waals surface area contributed by atoms with Crippen LogP contribution in [-0.2, 0) is 21.7 Å². The summed E-state index contributed by atoms with van der Waals surface area (Å²) in [6.07, 6.45) is 20.0. The number of urea groups is 1. The summed E-state index contributed by atoms with van der Waals surface area (Å²) in [6, 6.07) is 10.3. The number of carbonyl (C=O) groups is 1. The fourth-order valence-corrected chi connectivity index (χ4v) is 2.48. The van der Waals surface area contributed by atoms with Crippen molar-refractivity contribution in [2.75, 3.05) is 0 Å². The summed E-state index contributed by atoms with van der Waals surface area (Å²) in [4.78, 5) is 10.6. The van der Waals surface area contributed by atoms with Crippen LogP contribution in [0.5, 0.6) is 5.75 Å². The summed E-state index contributed by atoms with van der Waals surface area (Å²) in [5.41, 5.74) is 8.18. The molecule has 29 heavy (non-hydrogen) atoms. The molecule has 0 spiro atoms. The van der Waals surface area contributed by atoms with Gasteiger partial charge in [-0.1, -0.05) is 30.3 Å². The topological polar surface area (TPSA) is 87.7 Å². The van der Waals surface area contributed by atoms with Gasteiger partial charge in [-0.15, -0.1) is 0 Å². The Morgan fingerprint density at radius 1 is 0.862 bits per heavy atom. The molecule has 0 bridgehead atoms. The number of hydrogen-bond donors (Lipinski definition) is 3. The molecule has 10 radical (unpaired) electrons. The van der Waals surface area contributed by atoms with Crippen molar-refractivity contribution in [3.63, 3.8) is 0 Å². The van der Waals surface area contributed by atoms with E-state index in [1.807, 2.05) is 94.5 Å². The standard InChI is InChI=1S/C13H13N3O2.2C5H5.Ti/c1-8(15-16-13(14)18)12-10-5-3-2-4-9(10)6-7-11(12)17;2*1-2-4-5-3-1;/h2-7,17H,1H3,(H3,14,16,18);2*1-5H;/q;;;+4/b15-8+;;;. The van der Waals surface area contributed by atoms with Gasteiger partial charge in [0.15, 0.2) is 0 Å². The van der Waals surface area contributed by atoms with Gasteiger partial charge in [-0.05, 0) is 88.0 Å². The third-order valence-electron chi connectivity index (χ3n) is 3.71. The van der Waals surface area contributed by atoms with E-state index >= 15 is 0 Å². The van der Waals surface area contributed by atoms with Gasteiger partial charge in [0.25, 0.3) is 0 Å². The minimum Gasteiger partial charge on any atom is -0.507 e. The number of carbonyl (C=O) groups excluding carboxylic acids is 1. The monoisotopic (exact) mass is 421 g/mol. The number of hydrazone groups is 1. The number of fused-ring (bicyclic) bond motifs is 1. The van der Waals surface area contributed by atoms with Crippen molar-refractivity contribution in [3.05, 3.63) is 106 Å². The first-order valence-electron chi connectivity index (χ1n) is 8.73. The number of primary amides is 1. The quantitative estimate of drug-likeness (QED) is 0.389. The van der Waals surface area contributed by atoms with E-state index in [9.17, 15) is 9.90 Å². The van der Waals surface area contributed by atoms with Gasteiger partial charge in [0, 0.05) is 5.56 Å². The summed E-state index contributed by atoms with van der Waals surface area (Å²) in [7, 11) is 0. The summed E-state index contributed by atoms with van der Waals surface area (Å²) in [5, 5.41) is 15.6. The van der Waals surface area contributed by atoms with Crippen molar-refractivity contribution in [2.24, 2.45) is 10.8 Å². The van der Waals surface area contributed by atoms with E-state index in [2.05, 4.69) is 10.5 Å². The van der Waals surface area contributed by atoms with Gasteiger partial charge in [0.2, 0.25) is 0 Å². The normalized spacial score (nSPS) is 15.4. The smallest absolute Gasteiger partial charge is 0.507 e. The number of benzene rings is 2. The first-order chi connectivity index (χ1) is 13.6. The van der Waals surface area contributed by atoms with Gasteiger partial charge < -0.3 is 10.8 Å². The Kier molecular flexibility index (Phi) is 12.3. The fourth-order valence-electron chi connectivity index (χ4n) is 2.48. The van der Waals surface area contributed by atoms with Crippen LogP contribution in [0.2, 0.25) is 0 Å². The Morgan fingerprint density at radius 3 is 1.83 bits per heavy atom. The average molecular weight is 421 g/mol. The Hall–Kier alpha value is -1.85. The van der Waals surface area contributed by atoms with Crippen molar-refractivity contribution in [3.8, 4) is 5.75 Å². The SMILES string of the molecule is C/C(=N\NC(N)=O)c1c(O)ccc2ccccc12.[CH]1[CH][CH][CH][CH]1.[CH]1[CH][CH][CH][CH]1.[Ti+4]. The van der Waals surface area contributed by atoms with E-state index in [0.29, 0.717) is 11.3 Å². The minimum absolute atomic E-state index is 0. The number of aromatic hydroxyl groups is 1.